The minimum absolute atomic E-state index is 0.0543. The predicted octanol–water partition coefficient (Wildman–Crippen LogP) is 0.958. The van der Waals surface area contributed by atoms with Crippen molar-refractivity contribution in [2.24, 2.45) is 0 Å². The molecule has 1 aromatic rings. The largest absolute Gasteiger partial charge is 0.493 e. The molecule has 1 aromatic heterocycles. The number of cyclic esters (lactones) is 1. The molecule has 12 heteroatoms. The Kier molecular flexibility index (Phi) is 7.95. The van der Waals surface area contributed by atoms with Crippen LogP contribution in [0.3, 0.4) is 0 Å². The summed E-state index contributed by atoms with van der Waals surface area (Å²) in [5, 5.41) is 2.57. The fourth-order valence-electron chi connectivity index (χ4n) is 3.68. The number of amides is 1. The van der Waals surface area contributed by atoms with Crippen molar-refractivity contribution in [2.45, 2.75) is 70.9 Å². The van der Waals surface area contributed by atoms with Crippen LogP contribution in [0.15, 0.2) is 12.3 Å². The lowest BCUT2D eigenvalue weighted by Crippen LogP contribution is -2.46. The molecule has 3 heterocycles. The van der Waals surface area contributed by atoms with Crippen LogP contribution in [-0.2, 0) is 33.3 Å². The molecular weight excluding hydrogens is 452 g/mol. The highest BCUT2D eigenvalue weighted by Crippen LogP contribution is 2.34. The molecule has 12 nitrogen and oxygen atoms in total. The van der Waals surface area contributed by atoms with E-state index < -0.39 is 60.9 Å². The van der Waals surface area contributed by atoms with Crippen LogP contribution in [0.25, 0.3) is 0 Å². The fourth-order valence-corrected chi connectivity index (χ4v) is 3.68. The molecule has 0 bridgehead atoms. The minimum Gasteiger partial charge on any atom is -0.493 e. The molecule has 5 unspecified atom stereocenters. The molecule has 0 spiro atoms. The van der Waals surface area contributed by atoms with E-state index in [4.69, 9.17) is 33.2 Å². The highest BCUT2D eigenvalue weighted by Gasteiger charge is 2.49. The number of esters is 2. The average molecular weight is 482 g/mol. The van der Waals surface area contributed by atoms with Crippen LogP contribution in [0, 0.1) is 0 Å². The number of methoxy groups -OCH3 is 1. The summed E-state index contributed by atoms with van der Waals surface area (Å²) in [7, 11) is 1.38. The third-order valence-corrected chi connectivity index (χ3v) is 5.28. The molecule has 5 atom stereocenters. The van der Waals surface area contributed by atoms with Crippen molar-refractivity contribution in [2.75, 3.05) is 20.5 Å². The van der Waals surface area contributed by atoms with Crippen molar-refractivity contribution in [3.8, 4) is 11.5 Å². The monoisotopic (exact) mass is 482 g/mol. The number of hydrogen-bond donors (Lipinski definition) is 1. The van der Waals surface area contributed by atoms with Crippen molar-refractivity contribution in [1.29, 1.82) is 0 Å². The molecule has 2 aliphatic heterocycles. The van der Waals surface area contributed by atoms with Crippen LogP contribution in [0.1, 0.15) is 45.1 Å². The van der Waals surface area contributed by atoms with Crippen LogP contribution in [-0.4, -0.2) is 79.6 Å². The SMILES string of the molecule is COc1ccnc(C(=O)NC2COC(C)C3OC(C)(C)OC3C(C)OC2=O)c1OCOC(C)=O. The van der Waals surface area contributed by atoms with Gasteiger partial charge in [-0.2, -0.15) is 0 Å². The number of carbonyl (C=O) groups is 3. The van der Waals surface area contributed by atoms with Crippen LogP contribution in [0.5, 0.6) is 11.5 Å². The number of pyridine rings is 1. The second-order valence-corrected chi connectivity index (χ2v) is 8.36. The molecule has 1 N–H and O–H groups in total. The standard InChI is InChI=1S/C22H30N2O10/c1-11-17-18(34-22(4,5)33-17)12(2)32-21(27)14(9-29-11)24-20(26)16-19(31-10-30-13(3)25)15(28-6)7-8-23-16/h7-8,11-12,14,17-18H,9-10H2,1-6H3,(H,24,26). The van der Waals surface area contributed by atoms with E-state index in [2.05, 4.69) is 10.3 Å². The van der Waals surface area contributed by atoms with Gasteiger partial charge in [0.2, 0.25) is 6.79 Å². The van der Waals surface area contributed by atoms with Gasteiger partial charge in [-0.3, -0.25) is 9.59 Å². The number of aromatic nitrogens is 1. The first-order valence-corrected chi connectivity index (χ1v) is 10.8. The van der Waals surface area contributed by atoms with Gasteiger partial charge in [0, 0.05) is 19.2 Å². The Morgan fingerprint density at radius 1 is 1.21 bits per heavy atom. The van der Waals surface area contributed by atoms with Gasteiger partial charge < -0.3 is 38.5 Å². The maximum absolute atomic E-state index is 13.0. The second-order valence-electron chi connectivity index (χ2n) is 8.36. The summed E-state index contributed by atoms with van der Waals surface area (Å²) in [5.74, 6) is -2.72. The molecule has 2 saturated heterocycles. The minimum atomic E-state index is -1.14. The van der Waals surface area contributed by atoms with Crippen molar-refractivity contribution in [3.05, 3.63) is 18.0 Å². The number of nitrogens with one attached hydrogen (secondary N) is 1. The van der Waals surface area contributed by atoms with Gasteiger partial charge in [-0.05, 0) is 27.7 Å². The summed E-state index contributed by atoms with van der Waals surface area (Å²) in [6.45, 7) is 7.64. The van der Waals surface area contributed by atoms with Crippen LogP contribution < -0.4 is 14.8 Å². The van der Waals surface area contributed by atoms with Crippen LogP contribution in [0.4, 0.5) is 0 Å². The van der Waals surface area contributed by atoms with Crippen molar-refractivity contribution >= 4 is 17.8 Å². The lowest BCUT2D eigenvalue weighted by Gasteiger charge is -2.25. The summed E-state index contributed by atoms with van der Waals surface area (Å²) >= 11 is 0. The van der Waals surface area contributed by atoms with Crippen molar-refractivity contribution in [1.82, 2.24) is 10.3 Å². The topological polar surface area (TPSA) is 141 Å². The molecule has 3 rings (SSSR count). The number of rotatable bonds is 6. The quantitative estimate of drug-likeness (QED) is 0.458. The third kappa shape index (κ3) is 5.93. The molecule has 0 radical (unpaired) electrons. The summed E-state index contributed by atoms with van der Waals surface area (Å²) in [4.78, 5) is 41.0. The Morgan fingerprint density at radius 2 is 1.88 bits per heavy atom. The van der Waals surface area contributed by atoms with Crippen LogP contribution in [0.2, 0.25) is 0 Å². The van der Waals surface area contributed by atoms with E-state index in [0.717, 1.165) is 0 Å². The molecule has 188 valence electrons. The Hall–Kier alpha value is -2.96. The smallest absolute Gasteiger partial charge is 0.331 e. The normalized spacial score (nSPS) is 28.4. The van der Waals surface area contributed by atoms with Crippen molar-refractivity contribution < 1.29 is 47.5 Å². The van der Waals surface area contributed by atoms with E-state index in [0.29, 0.717) is 0 Å². The molecular formula is C22H30N2O10. The molecule has 2 aliphatic rings. The Morgan fingerprint density at radius 3 is 2.53 bits per heavy atom. The summed E-state index contributed by atoms with van der Waals surface area (Å²) < 4.78 is 38.7. The van der Waals surface area contributed by atoms with Gasteiger partial charge in [-0.25, -0.2) is 9.78 Å². The Balaban J connectivity index is 1.77. The third-order valence-electron chi connectivity index (χ3n) is 5.28. The van der Waals surface area contributed by atoms with E-state index in [1.165, 1.54) is 26.3 Å². The highest BCUT2D eigenvalue weighted by molar-refractivity contribution is 5.98. The molecule has 0 aliphatic carbocycles. The molecule has 1 amide bonds. The number of nitrogens with zero attached hydrogens (tertiary/aromatic N) is 1. The number of hydrogen-bond acceptors (Lipinski definition) is 11. The maximum Gasteiger partial charge on any atom is 0.331 e. The summed E-state index contributed by atoms with van der Waals surface area (Å²) in [6, 6.07) is 0.333. The van der Waals surface area contributed by atoms with E-state index in [9.17, 15) is 14.4 Å². The van der Waals surface area contributed by atoms with E-state index in [1.807, 2.05) is 0 Å². The van der Waals surface area contributed by atoms with E-state index in [1.54, 1.807) is 27.7 Å². The zero-order valence-electron chi connectivity index (χ0n) is 20.0. The first-order valence-electron chi connectivity index (χ1n) is 10.8. The van der Waals surface area contributed by atoms with E-state index in [-0.39, 0.29) is 23.8 Å². The zero-order chi connectivity index (χ0) is 25.0. The van der Waals surface area contributed by atoms with Gasteiger partial charge in [0.1, 0.15) is 18.3 Å². The lowest BCUT2D eigenvalue weighted by molar-refractivity contribution is -0.176. The predicted molar refractivity (Wildman–Crippen MR) is 114 cm³/mol. The maximum atomic E-state index is 13.0. The highest BCUT2D eigenvalue weighted by atomic mass is 16.8. The summed E-state index contributed by atoms with van der Waals surface area (Å²) in [5.41, 5.74) is -0.175. The van der Waals surface area contributed by atoms with Crippen LogP contribution >= 0.6 is 0 Å². The molecule has 2 fully saturated rings. The first kappa shape index (κ1) is 25.7. The van der Waals surface area contributed by atoms with Gasteiger partial charge in [0.25, 0.3) is 5.91 Å². The Bertz CT molecular complexity index is 921. The van der Waals surface area contributed by atoms with Gasteiger partial charge in [-0.1, -0.05) is 0 Å². The number of carbonyl (C=O) groups excluding carboxylic acids is 3. The van der Waals surface area contributed by atoms with Crippen molar-refractivity contribution in [3.63, 3.8) is 0 Å². The van der Waals surface area contributed by atoms with Gasteiger partial charge in [-0.15, -0.1) is 0 Å². The molecule has 34 heavy (non-hydrogen) atoms. The van der Waals surface area contributed by atoms with E-state index >= 15 is 0 Å². The second kappa shape index (κ2) is 10.5. The van der Waals surface area contributed by atoms with Gasteiger partial charge >= 0.3 is 11.9 Å². The lowest BCUT2D eigenvalue weighted by atomic mass is 10.1. The molecule has 0 aromatic carbocycles. The average Bonchev–Trinajstić information content (AvgIpc) is 3.12. The zero-order valence-corrected chi connectivity index (χ0v) is 20.0. The number of fused-ring (bicyclic) bond motifs is 1. The number of ether oxygens (including phenoxy) is 7. The summed E-state index contributed by atoms with van der Waals surface area (Å²) in [6.07, 6.45) is -0.758. The van der Waals surface area contributed by atoms with Gasteiger partial charge in [0.15, 0.2) is 29.0 Å². The van der Waals surface area contributed by atoms with Gasteiger partial charge in [0.05, 0.1) is 19.8 Å². The molecule has 0 saturated carbocycles. The fraction of sp³-hybridized carbons (Fsp3) is 0.636. The first-order chi connectivity index (χ1) is 16.0. The Labute approximate surface area is 197 Å².